The highest BCUT2D eigenvalue weighted by atomic mass is 16.4. The van der Waals surface area contributed by atoms with Gasteiger partial charge in [-0.3, -0.25) is 4.79 Å². The lowest BCUT2D eigenvalue weighted by Crippen LogP contribution is -2.33. The molecule has 0 aliphatic carbocycles. The Labute approximate surface area is 118 Å². The quantitative estimate of drug-likeness (QED) is 0.745. The maximum Gasteiger partial charge on any atom is 0.335 e. The minimum Gasteiger partial charge on any atom is -0.481 e. The molecule has 0 aliphatic rings. The Morgan fingerprint density at radius 2 is 1.60 bits per heavy atom. The molecule has 0 radical (unpaired) electrons. The van der Waals surface area contributed by atoms with E-state index in [9.17, 15) is 9.59 Å². The smallest absolute Gasteiger partial charge is 0.335 e. The van der Waals surface area contributed by atoms with Gasteiger partial charge in [0.15, 0.2) is 0 Å². The summed E-state index contributed by atoms with van der Waals surface area (Å²) < 4.78 is 0. The molecule has 0 fully saturated rings. The van der Waals surface area contributed by atoms with Crippen molar-refractivity contribution in [2.75, 3.05) is 38.6 Å². The van der Waals surface area contributed by atoms with E-state index in [0.717, 1.165) is 12.2 Å². The van der Waals surface area contributed by atoms with E-state index in [-0.39, 0.29) is 12.0 Å². The number of aliphatic carboxylic acids is 1. The summed E-state index contributed by atoms with van der Waals surface area (Å²) in [4.78, 5) is 25.5. The monoisotopic (exact) mass is 280 g/mol. The van der Waals surface area contributed by atoms with Crippen molar-refractivity contribution in [3.8, 4) is 0 Å². The molecule has 6 heteroatoms. The van der Waals surface area contributed by atoms with E-state index >= 15 is 0 Å². The molecule has 0 amide bonds. The lowest BCUT2D eigenvalue weighted by Gasteiger charge is -2.26. The first-order valence-electron chi connectivity index (χ1n) is 6.35. The summed E-state index contributed by atoms with van der Waals surface area (Å²) in [6, 6.07) is 6.48. The second-order valence-corrected chi connectivity index (χ2v) is 4.79. The number of likely N-dealkylation sites (N-methyl/N-ethyl adjacent to an activating group) is 1. The van der Waals surface area contributed by atoms with Crippen LogP contribution in [0, 0.1) is 0 Å². The molecule has 0 aliphatic heterocycles. The molecule has 110 valence electrons. The maximum absolute atomic E-state index is 10.8. The second-order valence-electron chi connectivity index (χ2n) is 4.79. The van der Waals surface area contributed by atoms with Crippen LogP contribution in [0.1, 0.15) is 16.8 Å². The molecule has 0 bridgehead atoms. The first-order chi connectivity index (χ1) is 9.40. The van der Waals surface area contributed by atoms with Crippen molar-refractivity contribution in [3.05, 3.63) is 29.8 Å². The van der Waals surface area contributed by atoms with E-state index in [2.05, 4.69) is 0 Å². The maximum atomic E-state index is 10.8. The SMILES string of the molecule is CN(C)CCN(CCC(=O)O)c1ccc(C(=O)O)cc1. The molecule has 2 N–H and O–H groups in total. The zero-order valence-electron chi connectivity index (χ0n) is 11.7. The average molecular weight is 280 g/mol. The van der Waals surface area contributed by atoms with Crippen LogP contribution in [0.2, 0.25) is 0 Å². The molecule has 0 heterocycles. The molecule has 1 aromatic carbocycles. The third kappa shape index (κ3) is 5.27. The molecule has 0 saturated heterocycles. The van der Waals surface area contributed by atoms with Crippen molar-refractivity contribution in [2.24, 2.45) is 0 Å². The Bertz CT molecular complexity index is 457. The molecule has 0 aromatic heterocycles. The van der Waals surface area contributed by atoms with Crippen LogP contribution in [-0.4, -0.2) is 60.8 Å². The fourth-order valence-electron chi connectivity index (χ4n) is 1.74. The van der Waals surface area contributed by atoms with Crippen molar-refractivity contribution in [2.45, 2.75) is 6.42 Å². The molecule has 0 saturated carbocycles. The van der Waals surface area contributed by atoms with E-state index in [4.69, 9.17) is 10.2 Å². The van der Waals surface area contributed by atoms with Gasteiger partial charge in [-0.15, -0.1) is 0 Å². The first-order valence-corrected chi connectivity index (χ1v) is 6.35. The second kappa shape index (κ2) is 7.49. The van der Waals surface area contributed by atoms with Crippen LogP contribution in [0.5, 0.6) is 0 Å². The van der Waals surface area contributed by atoms with Gasteiger partial charge in [0.05, 0.1) is 12.0 Å². The van der Waals surface area contributed by atoms with Gasteiger partial charge in [0.25, 0.3) is 0 Å². The van der Waals surface area contributed by atoms with Crippen LogP contribution in [-0.2, 0) is 4.79 Å². The fraction of sp³-hybridized carbons (Fsp3) is 0.429. The number of hydrogen-bond donors (Lipinski definition) is 2. The van der Waals surface area contributed by atoms with Crippen molar-refractivity contribution in [1.29, 1.82) is 0 Å². The van der Waals surface area contributed by atoms with E-state index in [1.165, 1.54) is 12.1 Å². The topological polar surface area (TPSA) is 81.1 Å². The van der Waals surface area contributed by atoms with Crippen LogP contribution < -0.4 is 4.90 Å². The number of anilines is 1. The van der Waals surface area contributed by atoms with Gasteiger partial charge in [-0.25, -0.2) is 4.79 Å². The van der Waals surface area contributed by atoms with Crippen LogP contribution in [0.4, 0.5) is 5.69 Å². The number of nitrogens with zero attached hydrogens (tertiary/aromatic N) is 2. The van der Waals surface area contributed by atoms with E-state index in [1.54, 1.807) is 12.1 Å². The van der Waals surface area contributed by atoms with Crippen molar-refractivity contribution in [1.82, 2.24) is 4.90 Å². The van der Waals surface area contributed by atoms with Gasteiger partial charge in [0, 0.05) is 25.3 Å². The van der Waals surface area contributed by atoms with Gasteiger partial charge in [0.2, 0.25) is 0 Å². The van der Waals surface area contributed by atoms with Crippen LogP contribution in [0.15, 0.2) is 24.3 Å². The van der Waals surface area contributed by atoms with Gasteiger partial charge in [0.1, 0.15) is 0 Å². The van der Waals surface area contributed by atoms with Gasteiger partial charge in [-0.05, 0) is 38.4 Å². The van der Waals surface area contributed by atoms with E-state index in [1.807, 2.05) is 23.9 Å². The summed E-state index contributed by atoms with van der Waals surface area (Å²) in [6.45, 7) is 1.88. The summed E-state index contributed by atoms with van der Waals surface area (Å²) in [7, 11) is 3.89. The van der Waals surface area contributed by atoms with Crippen LogP contribution in [0.25, 0.3) is 0 Å². The minimum absolute atomic E-state index is 0.0497. The molecule has 1 aromatic rings. The Hall–Kier alpha value is -2.08. The Morgan fingerprint density at radius 1 is 1.00 bits per heavy atom. The zero-order valence-corrected chi connectivity index (χ0v) is 11.7. The van der Waals surface area contributed by atoms with Crippen molar-refractivity contribution >= 4 is 17.6 Å². The number of hydrogen-bond acceptors (Lipinski definition) is 4. The summed E-state index contributed by atoms with van der Waals surface area (Å²) in [5.41, 5.74) is 1.05. The normalized spacial score (nSPS) is 10.6. The summed E-state index contributed by atoms with van der Waals surface area (Å²) >= 11 is 0. The number of carbonyl (C=O) groups is 2. The third-order valence-corrected chi connectivity index (χ3v) is 2.89. The number of aromatic carboxylic acids is 1. The average Bonchev–Trinajstić information content (AvgIpc) is 2.38. The highest BCUT2D eigenvalue weighted by Crippen LogP contribution is 2.15. The van der Waals surface area contributed by atoms with E-state index in [0.29, 0.717) is 13.1 Å². The van der Waals surface area contributed by atoms with Gasteiger partial charge < -0.3 is 20.0 Å². The molecule has 1 rings (SSSR count). The highest BCUT2D eigenvalue weighted by molar-refractivity contribution is 5.88. The molecular formula is C14H20N2O4. The predicted molar refractivity (Wildman–Crippen MR) is 76.4 cm³/mol. The number of benzene rings is 1. The first kappa shape index (κ1) is 16.0. The summed E-state index contributed by atoms with van der Waals surface area (Å²) in [6.07, 6.45) is 0.0497. The van der Waals surface area contributed by atoms with Crippen LogP contribution in [0.3, 0.4) is 0 Å². The molecular weight excluding hydrogens is 260 g/mol. The number of carboxylic acids is 2. The van der Waals surface area contributed by atoms with E-state index < -0.39 is 11.9 Å². The van der Waals surface area contributed by atoms with Gasteiger partial charge >= 0.3 is 11.9 Å². The fourth-order valence-corrected chi connectivity index (χ4v) is 1.74. The molecule has 0 spiro atoms. The van der Waals surface area contributed by atoms with Crippen molar-refractivity contribution in [3.63, 3.8) is 0 Å². The third-order valence-electron chi connectivity index (χ3n) is 2.89. The predicted octanol–water partition coefficient (Wildman–Crippen LogP) is 1.23. The van der Waals surface area contributed by atoms with Gasteiger partial charge in [-0.2, -0.15) is 0 Å². The number of carboxylic acid groups (broad SMARTS) is 2. The number of rotatable bonds is 8. The Kier molecular flexibility index (Phi) is 5.99. The minimum atomic E-state index is -0.970. The highest BCUT2D eigenvalue weighted by Gasteiger charge is 2.10. The molecule has 6 nitrogen and oxygen atoms in total. The standard InChI is InChI=1S/C14H20N2O4/c1-15(2)9-10-16(8-7-13(17)18)12-5-3-11(4-6-12)14(19)20/h3-6H,7-10H2,1-2H3,(H,17,18)(H,19,20). The molecule has 0 atom stereocenters. The van der Waals surface area contributed by atoms with Crippen molar-refractivity contribution < 1.29 is 19.8 Å². The zero-order chi connectivity index (χ0) is 15.1. The Balaban J connectivity index is 2.79. The summed E-state index contributed by atoms with van der Waals surface area (Å²) in [5.74, 6) is -1.82. The Morgan fingerprint density at radius 3 is 2.05 bits per heavy atom. The summed E-state index contributed by atoms with van der Waals surface area (Å²) in [5, 5.41) is 17.7. The lowest BCUT2D eigenvalue weighted by atomic mass is 10.2. The lowest BCUT2D eigenvalue weighted by molar-refractivity contribution is -0.136. The van der Waals surface area contributed by atoms with Crippen LogP contribution >= 0.6 is 0 Å². The van der Waals surface area contributed by atoms with Gasteiger partial charge in [-0.1, -0.05) is 0 Å². The molecule has 0 unspecified atom stereocenters. The molecule has 20 heavy (non-hydrogen) atoms. The largest absolute Gasteiger partial charge is 0.481 e.